The Morgan fingerprint density at radius 1 is 1.33 bits per heavy atom. The lowest BCUT2D eigenvalue weighted by molar-refractivity contribution is 0.259. The standard InChI is InChI=1S/C15H20BrN3O2/c1-10(2)7-17-8-12-4-5-14(13(16)6-12)20-9-15-19-18-11(3)21-15/h4-6,10,17H,7-9H2,1-3H3. The molecule has 0 saturated carbocycles. The molecule has 0 unspecified atom stereocenters. The van der Waals surface area contributed by atoms with Crippen LogP contribution in [0, 0.1) is 12.8 Å². The van der Waals surface area contributed by atoms with Gasteiger partial charge in [0.1, 0.15) is 5.75 Å². The van der Waals surface area contributed by atoms with Crippen molar-refractivity contribution in [2.45, 2.75) is 33.9 Å². The topological polar surface area (TPSA) is 60.2 Å². The van der Waals surface area contributed by atoms with Crippen LogP contribution in [0.1, 0.15) is 31.2 Å². The molecule has 21 heavy (non-hydrogen) atoms. The van der Waals surface area contributed by atoms with E-state index in [1.807, 2.05) is 12.1 Å². The van der Waals surface area contributed by atoms with Gasteiger partial charge in [-0.1, -0.05) is 19.9 Å². The Morgan fingerprint density at radius 3 is 2.76 bits per heavy atom. The van der Waals surface area contributed by atoms with Gasteiger partial charge in [0, 0.05) is 13.5 Å². The smallest absolute Gasteiger partial charge is 0.253 e. The van der Waals surface area contributed by atoms with E-state index in [0.29, 0.717) is 17.7 Å². The highest BCUT2D eigenvalue weighted by Crippen LogP contribution is 2.26. The van der Waals surface area contributed by atoms with E-state index in [9.17, 15) is 0 Å². The van der Waals surface area contributed by atoms with Gasteiger partial charge >= 0.3 is 0 Å². The average Bonchev–Trinajstić information content (AvgIpc) is 2.83. The van der Waals surface area contributed by atoms with Crippen LogP contribution in [0.25, 0.3) is 0 Å². The van der Waals surface area contributed by atoms with Crippen molar-refractivity contribution < 1.29 is 9.15 Å². The Hall–Kier alpha value is -1.40. The van der Waals surface area contributed by atoms with E-state index in [-0.39, 0.29) is 6.61 Å². The Balaban J connectivity index is 1.89. The van der Waals surface area contributed by atoms with Crippen LogP contribution < -0.4 is 10.1 Å². The summed E-state index contributed by atoms with van der Waals surface area (Å²) in [5.41, 5.74) is 1.21. The van der Waals surface area contributed by atoms with Crippen LogP contribution in [0.4, 0.5) is 0 Å². The predicted octanol–water partition coefficient (Wildman–Crippen LogP) is 3.47. The SMILES string of the molecule is Cc1nnc(COc2ccc(CNCC(C)C)cc2Br)o1. The molecule has 2 rings (SSSR count). The summed E-state index contributed by atoms with van der Waals surface area (Å²) in [4.78, 5) is 0. The van der Waals surface area contributed by atoms with Crippen LogP contribution >= 0.6 is 15.9 Å². The van der Waals surface area contributed by atoms with Gasteiger partial charge in [0.05, 0.1) is 4.47 Å². The minimum Gasteiger partial charge on any atom is -0.483 e. The molecule has 0 atom stereocenters. The van der Waals surface area contributed by atoms with Gasteiger partial charge in [-0.25, -0.2) is 0 Å². The average molecular weight is 354 g/mol. The third-order valence-corrected chi connectivity index (χ3v) is 3.42. The molecule has 0 spiro atoms. The highest BCUT2D eigenvalue weighted by molar-refractivity contribution is 9.10. The number of aryl methyl sites for hydroxylation is 1. The van der Waals surface area contributed by atoms with E-state index in [4.69, 9.17) is 9.15 Å². The Kier molecular flexibility index (Phi) is 5.76. The van der Waals surface area contributed by atoms with Crippen molar-refractivity contribution in [1.82, 2.24) is 15.5 Å². The normalized spacial score (nSPS) is 11.1. The summed E-state index contributed by atoms with van der Waals surface area (Å²) in [6, 6.07) is 6.05. The van der Waals surface area contributed by atoms with Crippen molar-refractivity contribution in [3.05, 3.63) is 40.0 Å². The number of nitrogens with zero attached hydrogens (tertiary/aromatic N) is 2. The van der Waals surface area contributed by atoms with Crippen LogP contribution in [0.15, 0.2) is 27.1 Å². The molecule has 0 bridgehead atoms. The van der Waals surface area contributed by atoms with E-state index < -0.39 is 0 Å². The lowest BCUT2D eigenvalue weighted by Crippen LogP contribution is -2.18. The highest BCUT2D eigenvalue weighted by Gasteiger charge is 2.07. The highest BCUT2D eigenvalue weighted by atomic mass is 79.9. The fourth-order valence-electron chi connectivity index (χ4n) is 1.81. The third kappa shape index (κ3) is 5.13. The van der Waals surface area contributed by atoms with Gasteiger partial charge in [0.15, 0.2) is 6.61 Å². The summed E-state index contributed by atoms with van der Waals surface area (Å²) in [5.74, 6) is 2.42. The van der Waals surface area contributed by atoms with Crippen molar-refractivity contribution in [1.29, 1.82) is 0 Å². The molecular weight excluding hydrogens is 334 g/mol. The van der Waals surface area contributed by atoms with Crippen molar-refractivity contribution in [2.24, 2.45) is 5.92 Å². The molecule has 0 aliphatic rings. The first-order valence-electron chi connectivity index (χ1n) is 6.95. The molecule has 1 heterocycles. The minimum atomic E-state index is 0.268. The third-order valence-electron chi connectivity index (χ3n) is 2.80. The predicted molar refractivity (Wildman–Crippen MR) is 84.1 cm³/mol. The number of rotatable bonds is 7. The van der Waals surface area contributed by atoms with E-state index in [2.05, 4.69) is 51.4 Å². The summed E-state index contributed by atoms with van der Waals surface area (Å²) >= 11 is 3.53. The largest absolute Gasteiger partial charge is 0.483 e. The number of nitrogens with one attached hydrogen (secondary N) is 1. The first-order chi connectivity index (χ1) is 10.0. The molecule has 0 saturated heterocycles. The van der Waals surface area contributed by atoms with E-state index in [0.717, 1.165) is 23.3 Å². The van der Waals surface area contributed by atoms with Gasteiger partial charge in [-0.3, -0.25) is 0 Å². The molecule has 0 radical (unpaired) electrons. The van der Waals surface area contributed by atoms with Crippen LogP contribution in [0.3, 0.4) is 0 Å². The molecule has 1 aromatic heterocycles. The molecule has 0 amide bonds. The number of hydrogen-bond acceptors (Lipinski definition) is 5. The van der Waals surface area contributed by atoms with Crippen molar-refractivity contribution in [3.8, 4) is 5.75 Å². The van der Waals surface area contributed by atoms with Gasteiger partial charge in [-0.05, 0) is 46.1 Å². The van der Waals surface area contributed by atoms with Gasteiger partial charge in [-0.2, -0.15) is 0 Å². The zero-order valence-electron chi connectivity index (χ0n) is 12.5. The lowest BCUT2D eigenvalue weighted by Gasteiger charge is -2.10. The number of ether oxygens (including phenoxy) is 1. The summed E-state index contributed by atoms with van der Waals surface area (Å²) in [6.07, 6.45) is 0. The van der Waals surface area contributed by atoms with E-state index in [1.54, 1.807) is 6.92 Å². The van der Waals surface area contributed by atoms with E-state index >= 15 is 0 Å². The van der Waals surface area contributed by atoms with Gasteiger partial charge in [-0.15, -0.1) is 10.2 Å². The van der Waals surface area contributed by atoms with Crippen LogP contribution in [0.5, 0.6) is 5.75 Å². The van der Waals surface area contributed by atoms with Gasteiger partial charge in [0.2, 0.25) is 5.89 Å². The molecule has 114 valence electrons. The first kappa shape index (κ1) is 16.0. The Bertz CT molecular complexity index is 584. The van der Waals surface area contributed by atoms with Crippen molar-refractivity contribution >= 4 is 15.9 Å². The molecule has 0 fully saturated rings. The molecule has 1 N–H and O–H groups in total. The van der Waals surface area contributed by atoms with E-state index in [1.165, 1.54) is 5.56 Å². The summed E-state index contributed by atoms with van der Waals surface area (Å²) in [6.45, 7) is 8.26. The zero-order chi connectivity index (χ0) is 15.2. The van der Waals surface area contributed by atoms with Gasteiger partial charge in [0.25, 0.3) is 5.89 Å². The number of halogens is 1. The van der Waals surface area contributed by atoms with Crippen LogP contribution in [0.2, 0.25) is 0 Å². The maximum Gasteiger partial charge on any atom is 0.253 e. The second-order valence-corrected chi connectivity index (χ2v) is 6.15. The molecule has 0 aliphatic carbocycles. The van der Waals surface area contributed by atoms with Crippen LogP contribution in [-0.2, 0) is 13.2 Å². The molecule has 0 aliphatic heterocycles. The second-order valence-electron chi connectivity index (χ2n) is 5.29. The second kappa shape index (κ2) is 7.56. The van der Waals surface area contributed by atoms with Crippen LogP contribution in [-0.4, -0.2) is 16.7 Å². The zero-order valence-corrected chi connectivity index (χ0v) is 14.1. The fourth-order valence-corrected chi connectivity index (χ4v) is 2.35. The molecule has 5 nitrogen and oxygen atoms in total. The Morgan fingerprint density at radius 2 is 2.14 bits per heavy atom. The number of aromatic nitrogens is 2. The quantitative estimate of drug-likeness (QED) is 0.825. The summed E-state index contributed by atoms with van der Waals surface area (Å²) < 4.78 is 11.9. The molecule has 1 aromatic carbocycles. The number of benzene rings is 1. The minimum absolute atomic E-state index is 0.268. The number of hydrogen-bond donors (Lipinski definition) is 1. The fraction of sp³-hybridized carbons (Fsp3) is 0.467. The molecule has 2 aromatic rings. The Labute approximate surface area is 133 Å². The summed E-state index contributed by atoms with van der Waals surface area (Å²) in [5, 5.41) is 11.1. The van der Waals surface area contributed by atoms with Crippen molar-refractivity contribution in [2.75, 3.05) is 6.54 Å². The monoisotopic (exact) mass is 353 g/mol. The summed E-state index contributed by atoms with van der Waals surface area (Å²) in [7, 11) is 0. The maximum absolute atomic E-state index is 5.67. The van der Waals surface area contributed by atoms with Gasteiger partial charge < -0.3 is 14.5 Å². The molecular formula is C15H20BrN3O2. The lowest BCUT2D eigenvalue weighted by atomic mass is 10.2. The first-order valence-corrected chi connectivity index (χ1v) is 7.75. The maximum atomic E-state index is 5.67. The van der Waals surface area contributed by atoms with Crippen molar-refractivity contribution in [3.63, 3.8) is 0 Å². The molecule has 6 heteroatoms.